The maximum Gasteiger partial charge on any atom is 0.330 e. The van der Waals surface area contributed by atoms with Crippen LogP contribution in [0.2, 0.25) is 5.02 Å². The van der Waals surface area contributed by atoms with Crippen LogP contribution in [0.3, 0.4) is 0 Å². The number of ether oxygens (including phenoxy) is 1. The molecule has 0 atom stereocenters. The van der Waals surface area contributed by atoms with Crippen LogP contribution in [0, 0.1) is 0 Å². The number of H-pyrrole nitrogens is 1. The van der Waals surface area contributed by atoms with Crippen molar-refractivity contribution in [3.8, 4) is 0 Å². The standard InChI is InChI=1S/C12H10BrClN2O2/c1-2-18-12(17)4-3-10-7-5-8(13)9(14)6-11(7)16-15-10/h3-6H,2H2,1H3,(H,15,16)/b4-3+. The quantitative estimate of drug-likeness (QED) is 0.692. The molecule has 0 saturated carbocycles. The van der Waals surface area contributed by atoms with Gasteiger partial charge in [-0.2, -0.15) is 5.10 Å². The SMILES string of the molecule is CCOC(=O)/C=C/c1n[nH]c2cc(Cl)c(Br)cc12. The molecule has 94 valence electrons. The molecule has 0 aliphatic heterocycles. The van der Waals surface area contributed by atoms with E-state index in [1.165, 1.54) is 6.08 Å². The molecule has 0 bridgehead atoms. The maximum atomic E-state index is 11.2. The minimum atomic E-state index is -0.387. The first-order valence-electron chi connectivity index (χ1n) is 5.29. The van der Waals surface area contributed by atoms with Gasteiger partial charge in [-0.1, -0.05) is 11.6 Å². The minimum Gasteiger partial charge on any atom is -0.463 e. The molecule has 1 heterocycles. The molecule has 2 rings (SSSR count). The van der Waals surface area contributed by atoms with E-state index in [2.05, 4.69) is 26.1 Å². The molecule has 1 aromatic heterocycles. The van der Waals surface area contributed by atoms with Crippen molar-refractivity contribution in [2.24, 2.45) is 0 Å². The van der Waals surface area contributed by atoms with Crippen LogP contribution in [0.4, 0.5) is 0 Å². The molecule has 0 fully saturated rings. The summed E-state index contributed by atoms with van der Waals surface area (Å²) in [5, 5.41) is 8.45. The summed E-state index contributed by atoms with van der Waals surface area (Å²) < 4.78 is 5.58. The lowest BCUT2D eigenvalue weighted by molar-refractivity contribution is -0.137. The van der Waals surface area contributed by atoms with E-state index in [1.54, 1.807) is 19.1 Å². The van der Waals surface area contributed by atoms with Crippen LogP contribution in [0.15, 0.2) is 22.7 Å². The van der Waals surface area contributed by atoms with E-state index >= 15 is 0 Å². The Hall–Kier alpha value is -1.33. The van der Waals surface area contributed by atoms with Gasteiger partial charge in [-0.3, -0.25) is 5.10 Å². The van der Waals surface area contributed by atoms with Crippen molar-refractivity contribution in [3.63, 3.8) is 0 Å². The summed E-state index contributed by atoms with van der Waals surface area (Å²) in [6, 6.07) is 3.63. The van der Waals surface area contributed by atoms with Gasteiger partial charge in [-0.25, -0.2) is 4.79 Å². The van der Waals surface area contributed by atoms with Crippen molar-refractivity contribution >= 4 is 50.5 Å². The van der Waals surface area contributed by atoms with Gasteiger partial charge in [0.1, 0.15) is 0 Å². The van der Waals surface area contributed by atoms with E-state index < -0.39 is 0 Å². The largest absolute Gasteiger partial charge is 0.463 e. The first-order valence-corrected chi connectivity index (χ1v) is 6.47. The third kappa shape index (κ3) is 2.73. The Morgan fingerprint density at radius 1 is 1.61 bits per heavy atom. The van der Waals surface area contributed by atoms with Crippen molar-refractivity contribution in [1.29, 1.82) is 0 Å². The summed E-state index contributed by atoms with van der Waals surface area (Å²) in [7, 11) is 0. The topological polar surface area (TPSA) is 55.0 Å². The molecule has 2 aromatic rings. The number of nitrogens with one attached hydrogen (secondary N) is 1. The molecular formula is C12H10BrClN2O2. The minimum absolute atomic E-state index is 0.353. The highest BCUT2D eigenvalue weighted by atomic mass is 79.9. The van der Waals surface area contributed by atoms with Gasteiger partial charge in [0.25, 0.3) is 0 Å². The van der Waals surface area contributed by atoms with Crippen LogP contribution in [-0.2, 0) is 9.53 Å². The Labute approximate surface area is 117 Å². The molecule has 0 aliphatic carbocycles. The number of benzene rings is 1. The molecule has 6 heteroatoms. The van der Waals surface area contributed by atoms with Crippen molar-refractivity contribution in [2.75, 3.05) is 6.61 Å². The van der Waals surface area contributed by atoms with Gasteiger partial charge in [0.2, 0.25) is 0 Å². The van der Waals surface area contributed by atoms with Crippen LogP contribution in [0.1, 0.15) is 12.6 Å². The van der Waals surface area contributed by atoms with Crippen LogP contribution < -0.4 is 0 Å². The van der Waals surface area contributed by atoms with Crippen molar-refractivity contribution < 1.29 is 9.53 Å². The maximum absolute atomic E-state index is 11.2. The second-order valence-electron chi connectivity index (χ2n) is 3.51. The normalized spacial score (nSPS) is 11.3. The molecule has 18 heavy (non-hydrogen) atoms. The number of aromatic amines is 1. The fraction of sp³-hybridized carbons (Fsp3) is 0.167. The zero-order chi connectivity index (χ0) is 13.1. The van der Waals surface area contributed by atoms with E-state index in [0.29, 0.717) is 17.3 Å². The zero-order valence-electron chi connectivity index (χ0n) is 9.54. The Bertz CT molecular complexity index is 622. The number of hydrogen-bond donors (Lipinski definition) is 1. The summed E-state index contributed by atoms with van der Waals surface area (Å²) >= 11 is 9.33. The van der Waals surface area contributed by atoms with Gasteiger partial charge in [-0.05, 0) is 41.1 Å². The Morgan fingerprint density at radius 2 is 2.39 bits per heavy atom. The van der Waals surface area contributed by atoms with E-state index in [0.717, 1.165) is 15.4 Å². The Balaban J connectivity index is 2.35. The summed E-state index contributed by atoms with van der Waals surface area (Å²) in [4.78, 5) is 11.2. The number of carbonyl (C=O) groups is 1. The zero-order valence-corrected chi connectivity index (χ0v) is 11.9. The van der Waals surface area contributed by atoms with E-state index in [-0.39, 0.29) is 5.97 Å². The van der Waals surface area contributed by atoms with E-state index in [9.17, 15) is 4.79 Å². The molecule has 0 amide bonds. The molecule has 0 saturated heterocycles. The number of carbonyl (C=O) groups excluding carboxylic acids is 1. The van der Waals surface area contributed by atoms with Gasteiger partial charge in [0.05, 0.1) is 22.8 Å². The van der Waals surface area contributed by atoms with Gasteiger partial charge < -0.3 is 4.74 Å². The molecule has 0 unspecified atom stereocenters. The lowest BCUT2D eigenvalue weighted by Crippen LogP contribution is -1.98. The number of halogens is 2. The Kier molecular flexibility index (Phi) is 4.04. The van der Waals surface area contributed by atoms with Crippen LogP contribution in [0.5, 0.6) is 0 Å². The van der Waals surface area contributed by atoms with Crippen molar-refractivity contribution in [3.05, 3.63) is 33.4 Å². The van der Waals surface area contributed by atoms with E-state index in [1.807, 2.05) is 6.07 Å². The van der Waals surface area contributed by atoms with Crippen LogP contribution in [0.25, 0.3) is 17.0 Å². The van der Waals surface area contributed by atoms with E-state index in [4.69, 9.17) is 16.3 Å². The van der Waals surface area contributed by atoms with Crippen molar-refractivity contribution in [1.82, 2.24) is 10.2 Å². The predicted molar refractivity (Wildman–Crippen MR) is 74.5 cm³/mol. The Morgan fingerprint density at radius 3 is 3.11 bits per heavy atom. The molecule has 0 spiro atoms. The molecule has 0 radical (unpaired) electrons. The highest BCUT2D eigenvalue weighted by Gasteiger charge is 2.07. The van der Waals surface area contributed by atoms with Crippen LogP contribution in [-0.4, -0.2) is 22.8 Å². The van der Waals surface area contributed by atoms with Crippen molar-refractivity contribution in [2.45, 2.75) is 6.92 Å². The number of esters is 1. The van der Waals surface area contributed by atoms with Gasteiger partial charge in [0.15, 0.2) is 0 Å². The third-order valence-corrected chi connectivity index (χ3v) is 3.49. The van der Waals surface area contributed by atoms with Gasteiger partial charge in [0, 0.05) is 15.9 Å². The summed E-state index contributed by atoms with van der Waals surface area (Å²) in [6.45, 7) is 2.11. The lowest BCUT2D eigenvalue weighted by Gasteiger charge is -1.96. The van der Waals surface area contributed by atoms with Gasteiger partial charge in [-0.15, -0.1) is 0 Å². The molecule has 4 nitrogen and oxygen atoms in total. The smallest absolute Gasteiger partial charge is 0.330 e. The summed E-state index contributed by atoms with van der Waals surface area (Å²) in [6.07, 6.45) is 2.96. The number of nitrogens with zero attached hydrogens (tertiary/aromatic N) is 1. The first-order chi connectivity index (χ1) is 8.61. The molecule has 1 aromatic carbocycles. The number of rotatable bonds is 3. The number of aromatic nitrogens is 2. The fourth-order valence-corrected chi connectivity index (χ4v) is 2.00. The molecule has 1 N–H and O–H groups in total. The molecular weight excluding hydrogens is 320 g/mol. The molecule has 0 aliphatic rings. The average molecular weight is 330 g/mol. The van der Waals surface area contributed by atoms with Crippen LogP contribution >= 0.6 is 27.5 Å². The number of fused-ring (bicyclic) bond motifs is 1. The fourth-order valence-electron chi connectivity index (χ4n) is 1.50. The third-order valence-electron chi connectivity index (χ3n) is 2.30. The average Bonchev–Trinajstić information content (AvgIpc) is 2.70. The lowest BCUT2D eigenvalue weighted by atomic mass is 10.2. The second-order valence-corrected chi connectivity index (χ2v) is 4.77. The monoisotopic (exact) mass is 328 g/mol. The predicted octanol–water partition coefficient (Wildman–Crippen LogP) is 3.56. The first kappa shape index (κ1) is 13.1. The second kappa shape index (κ2) is 5.54. The van der Waals surface area contributed by atoms with Gasteiger partial charge >= 0.3 is 5.97 Å². The number of hydrogen-bond acceptors (Lipinski definition) is 3. The summed E-state index contributed by atoms with van der Waals surface area (Å²) in [5.74, 6) is -0.387. The highest BCUT2D eigenvalue weighted by molar-refractivity contribution is 9.10. The summed E-state index contributed by atoms with van der Waals surface area (Å²) in [5.41, 5.74) is 1.47. The highest BCUT2D eigenvalue weighted by Crippen LogP contribution is 2.29.